The van der Waals surface area contributed by atoms with Crippen LogP contribution in [0.1, 0.15) is 43.2 Å². The predicted octanol–water partition coefficient (Wildman–Crippen LogP) is 7.95. The maximum Gasteiger partial charge on any atom is 0.0589 e. The lowest BCUT2D eigenvalue weighted by Crippen LogP contribution is -2.19. The third-order valence-electron chi connectivity index (χ3n) is 5.84. The number of nitrogens with zero attached hydrogens (tertiary/aromatic N) is 1. The molecule has 0 unspecified atom stereocenters. The molecule has 1 aliphatic carbocycles. The molecule has 1 aliphatic rings. The molecule has 0 atom stereocenters. The average molecular weight is 424 g/mol. The number of fused-ring (bicyclic) bond motifs is 3. The Morgan fingerprint density at radius 2 is 1.62 bits per heavy atom. The minimum Gasteiger partial charge on any atom is -0.343 e. The first-order valence-electron chi connectivity index (χ1n) is 10.4. The summed E-state index contributed by atoms with van der Waals surface area (Å²) in [5.41, 5.74) is 5.70. The fourth-order valence-corrected chi connectivity index (χ4v) is 7.87. The van der Waals surface area contributed by atoms with Crippen molar-refractivity contribution in [3.05, 3.63) is 64.5 Å². The number of aryl methyl sites for hydroxylation is 1. The van der Waals surface area contributed by atoms with E-state index >= 15 is 0 Å². The molecule has 3 heteroatoms. The number of anilines is 2. The van der Waals surface area contributed by atoms with Crippen molar-refractivity contribution in [3.63, 3.8) is 0 Å². The van der Waals surface area contributed by atoms with Gasteiger partial charge in [0.25, 0.3) is 0 Å². The second-order valence-electron chi connectivity index (χ2n) is 9.83. The number of para-hydroxylation sites is 1. The van der Waals surface area contributed by atoms with Crippen molar-refractivity contribution in [2.75, 3.05) is 30.7 Å². The zero-order chi connectivity index (χ0) is 21.0. The first-order valence-corrected chi connectivity index (χ1v) is 14.0. The van der Waals surface area contributed by atoms with Crippen LogP contribution in [-0.4, -0.2) is 25.8 Å². The number of allylic oxidation sites excluding steroid dienone is 1. The van der Waals surface area contributed by atoms with Crippen molar-refractivity contribution in [1.29, 1.82) is 0 Å². The third-order valence-corrected chi connectivity index (χ3v) is 8.96. The van der Waals surface area contributed by atoms with Gasteiger partial charge in [-0.2, -0.15) is 0 Å². The van der Waals surface area contributed by atoms with Gasteiger partial charge in [0.1, 0.15) is 0 Å². The summed E-state index contributed by atoms with van der Waals surface area (Å²) in [5.74, 6) is 0. The summed E-state index contributed by atoms with van der Waals surface area (Å²) < 4.78 is 1.43. The molecule has 1 nitrogen and oxygen atoms in total. The maximum absolute atomic E-state index is 2.51. The second-order valence-corrected chi connectivity index (χ2v) is 15.0. The van der Waals surface area contributed by atoms with Gasteiger partial charge >= 0.3 is 0 Å². The first-order chi connectivity index (χ1) is 13.6. The summed E-state index contributed by atoms with van der Waals surface area (Å²) in [6, 6.07) is 15.7. The van der Waals surface area contributed by atoms with Gasteiger partial charge in [-0.1, -0.05) is 57.2 Å². The molecular formula is C26H33NS2. The van der Waals surface area contributed by atoms with Gasteiger partial charge in [-0.05, 0) is 65.7 Å². The Morgan fingerprint density at radius 3 is 2.31 bits per heavy atom. The van der Waals surface area contributed by atoms with Crippen LogP contribution < -0.4 is 4.90 Å². The van der Waals surface area contributed by atoms with Crippen LogP contribution in [0.4, 0.5) is 11.4 Å². The molecule has 154 valence electrons. The van der Waals surface area contributed by atoms with Crippen LogP contribution in [0.2, 0.25) is 0 Å². The van der Waals surface area contributed by atoms with E-state index in [2.05, 4.69) is 100 Å². The van der Waals surface area contributed by atoms with Crippen molar-refractivity contribution >= 4 is 47.7 Å². The summed E-state index contributed by atoms with van der Waals surface area (Å²) in [6.07, 6.45) is 12.1. The first kappa shape index (κ1) is 20.6. The second kappa shape index (κ2) is 7.21. The molecule has 3 aromatic rings. The Kier molecular flexibility index (Phi) is 5.11. The summed E-state index contributed by atoms with van der Waals surface area (Å²) in [6.45, 7) is 6.90. The van der Waals surface area contributed by atoms with Gasteiger partial charge in [0.2, 0.25) is 0 Å². The zero-order valence-corrected chi connectivity index (χ0v) is 20.4. The molecule has 0 aliphatic heterocycles. The van der Waals surface area contributed by atoms with Crippen LogP contribution in [-0.2, 0) is 11.8 Å². The zero-order valence-electron chi connectivity index (χ0n) is 18.8. The van der Waals surface area contributed by atoms with Gasteiger partial charge in [0.05, 0.1) is 10.4 Å². The molecule has 1 aromatic heterocycles. The van der Waals surface area contributed by atoms with Crippen molar-refractivity contribution in [2.24, 2.45) is 0 Å². The van der Waals surface area contributed by atoms with E-state index in [4.69, 9.17) is 0 Å². The van der Waals surface area contributed by atoms with Gasteiger partial charge in [0, 0.05) is 22.5 Å². The predicted molar refractivity (Wildman–Crippen MR) is 137 cm³/mol. The van der Waals surface area contributed by atoms with Crippen molar-refractivity contribution < 1.29 is 0 Å². The highest BCUT2D eigenvalue weighted by molar-refractivity contribution is 8.39. The van der Waals surface area contributed by atoms with E-state index in [1.165, 1.54) is 39.9 Å². The summed E-state index contributed by atoms with van der Waals surface area (Å²) in [4.78, 5) is 5.54. The number of rotatable bonds is 3. The summed E-state index contributed by atoms with van der Waals surface area (Å²) in [5, 5.41) is 1.46. The van der Waals surface area contributed by atoms with E-state index in [0.717, 1.165) is 0 Å². The SMILES string of the molecule is CN(c1ccccc1C(C)(C)C)c1cccc2c3c(sc12)C(S(C)(C)C)=CCC3. The normalized spacial score (nSPS) is 15.2. The monoisotopic (exact) mass is 423 g/mol. The molecule has 1 heterocycles. The van der Waals surface area contributed by atoms with E-state index in [1.54, 1.807) is 15.3 Å². The Hall–Kier alpha value is -1.71. The third kappa shape index (κ3) is 3.64. The lowest BCUT2D eigenvalue weighted by molar-refractivity contribution is 0.590. The Balaban J connectivity index is 1.90. The van der Waals surface area contributed by atoms with Crippen molar-refractivity contribution in [3.8, 4) is 0 Å². The Bertz CT molecular complexity index is 1090. The average Bonchev–Trinajstić information content (AvgIpc) is 3.04. The summed E-state index contributed by atoms with van der Waals surface area (Å²) in [7, 11) is 1.49. The number of hydrogen-bond donors (Lipinski definition) is 0. The molecule has 4 rings (SSSR count). The van der Waals surface area contributed by atoms with E-state index in [0.29, 0.717) is 0 Å². The quantitative estimate of drug-likeness (QED) is 0.413. The van der Waals surface area contributed by atoms with Crippen molar-refractivity contribution in [1.82, 2.24) is 0 Å². The standard InChI is InChI=1S/C26H33NS2/c1-26(2,3)20-14-8-9-15-21(20)27(4)22-16-10-12-18-19-13-11-17-23(29(5,6)7)25(19)28-24(18)22/h8-10,12,14-17H,11,13H2,1-7H3. The molecule has 0 saturated carbocycles. The lowest BCUT2D eigenvalue weighted by Gasteiger charge is -2.31. The topological polar surface area (TPSA) is 3.24 Å². The number of thiophene rings is 1. The van der Waals surface area contributed by atoms with Gasteiger partial charge in [0.15, 0.2) is 0 Å². The molecule has 0 fully saturated rings. The van der Waals surface area contributed by atoms with Crippen molar-refractivity contribution in [2.45, 2.75) is 39.0 Å². The molecule has 0 saturated heterocycles. The summed E-state index contributed by atoms with van der Waals surface area (Å²) >= 11 is 2.01. The lowest BCUT2D eigenvalue weighted by atomic mass is 9.85. The smallest absolute Gasteiger partial charge is 0.0589 e. The fraction of sp³-hybridized carbons (Fsp3) is 0.385. The molecule has 0 spiro atoms. The molecule has 0 N–H and O–H groups in total. The number of benzene rings is 2. The van der Waals surface area contributed by atoms with E-state index in [-0.39, 0.29) is 5.41 Å². The highest BCUT2D eigenvalue weighted by atomic mass is 32.3. The van der Waals surface area contributed by atoms with Crippen LogP contribution in [0.3, 0.4) is 0 Å². The van der Waals surface area contributed by atoms with Gasteiger partial charge in [-0.15, -0.1) is 11.3 Å². The van der Waals surface area contributed by atoms with Crippen LogP contribution in [0, 0.1) is 0 Å². The molecule has 0 radical (unpaired) electrons. The van der Waals surface area contributed by atoms with Crippen LogP contribution in [0.25, 0.3) is 15.0 Å². The van der Waals surface area contributed by atoms with E-state index < -0.39 is 10.0 Å². The Labute approximate surface area is 181 Å². The van der Waals surface area contributed by atoms with Crippen LogP contribution in [0.15, 0.2) is 48.5 Å². The van der Waals surface area contributed by atoms with Gasteiger partial charge in [-0.25, -0.2) is 10.0 Å². The molecule has 0 amide bonds. The maximum atomic E-state index is 2.51. The largest absolute Gasteiger partial charge is 0.343 e. The molecule has 29 heavy (non-hydrogen) atoms. The van der Waals surface area contributed by atoms with Gasteiger partial charge < -0.3 is 4.90 Å². The molecule has 2 aromatic carbocycles. The highest BCUT2D eigenvalue weighted by Gasteiger charge is 2.26. The minimum absolute atomic E-state index is 0.110. The van der Waals surface area contributed by atoms with Crippen LogP contribution in [0.5, 0.6) is 0 Å². The van der Waals surface area contributed by atoms with E-state index in [1.807, 2.05) is 11.3 Å². The highest BCUT2D eigenvalue weighted by Crippen LogP contribution is 2.57. The molecular weight excluding hydrogens is 390 g/mol. The van der Waals surface area contributed by atoms with E-state index in [9.17, 15) is 0 Å². The molecule has 0 bridgehead atoms. The Morgan fingerprint density at radius 1 is 0.931 bits per heavy atom. The van der Waals surface area contributed by atoms with Gasteiger partial charge in [-0.3, -0.25) is 0 Å². The number of hydrogen-bond acceptors (Lipinski definition) is 2. The fourth-order valence-electron chi connectivity index (χ4n) is 4.37. The van der Waals surface area contributed by atoms with Crippen LogP contribution >= 0.6 is 21.4 Å². The minimum atomic E-state index is -0.740.